The minimum atomic E-state index is -4.55. The molecule has 236 valence electrons. The van der Waals surface area contributed by atoms with Gasteiger partial charge in [-0.15, -0.1) is 0 Å². The highest BCUT2D eigenvalue weighted by molar-refractivity contribution is 7.85. The van der Waals surface area contributed by atoms with E-state index in [0.29, 0.717) is 11.5 Å². The lowest BCUT2D eigenvalue weighted by atomic mass is 10.00. The number of hydrogen-bond donors (Lipinski definition) is 4. The topological polar surface area (TPSA) is 169 Å². The van der Waals surface area contributed by atoms with Gasteiger partial charge in [0, 0.05) is 13.3 Å². The van der Waals surface area contributed by atoms with Crippen LogP contribution in [0.1, 0.15) is 104 Å². The fourth-order valence-electron chi connectivity index (χ4n) is 4.50. The van der Waals surface area contributed by atoms with Gasteiger partial charge in [0.05, 0.1) is 6.61 Å². The van der Waals surface area contributed by atoms with Crippen LogP contribution in [-0.2, 0) is 33.9 Å². The molecule has 0 aliphatic carbocycles. The summed E-state index contributed by atoms with van der Waals surface area (Å²) in [5.41, 5.74) is 0. The second kappa shape index (κ2) is 20.9. The molecule has 0 spiro atoms. The molecule has 1 heterocycles. The number of esters is 1. The van der Waals surface area contributed by atoms with Crippen LogP contribution in [0.3, 0.4) is 0 Å². The van der Waals surface area contributed by atoms with Crippen LogP contribution in [-0.4, -0.2) is 95.1 Å². The van der Waals surface area contributed by atoms with Crippen molar-refractivity contribution in [2.45, 2.75) is 141 Å². The van der Waals surface area contributed by atoms with Crippen molar-refractivity contribution in [2.75, 3.05) is 19.0 Å². The molecule has 13 heteroatoms. The summed E-state index contributed by atoms with van der Waals surface area (Å²) in [5, 5.41) is 30.5. The fraction of sp³-hybridized carbons (Fsp3) is 0.926. The Labute approximate surface area is 244 Å². The van der Waals surface area contributed by atoms with Gasteiger partial charge in [0.15, 0.2) is 17.4 Å². The van der Waals surface area contributed by atoms with Crippen molar-refractivity contribution in [1.29, 1.82) is 0 Å². The number of ether oxygens (including phenoxy) is 4. The summed E-state index contributed by atoms with van der Waals surface area (Å²) in [6.07, 6.45) is 7.47. The molecule has 0 aromatic carbocycles. The first-order valence-electron chi connectivity index (χ1n) is 14.5. The predicted molar refractivity (Wildman–Crippen MR) is 153 cm³/mol. The van der Waals surface area contributed by atoms with Crippen molar-refractivity contribution < 1.29 is 52.0 Å². The minimum Gasteiger partial charge on any atom is -0.483 e. The Hall–Kier alpha value is -0.930. The highest BCUT2D eigenvalue weighted by Gasteiger charge is 2.45. The average molecular weight is 615 g/mol. The molecule has 0 unspecified atom stereocenters. The first-order valence-corrected chi connectivity index (χ1v) is 16.6. The van der Waals surface area contributed by atoms with E-state index in [1.807, 2.05) is 0 Å². The second-order valence-electron chi connectivity index (χ2n) is 10.5. The summed E-state index contributed by atoms with van der Waals surface area (Å²) in [4.78, 5) is 11.5. The Morgan fingerprint density at radius 2 is 1.38 bits per heavy atom. The number of carbonyl (C=O) groups is 1. The van der Waals surface area contributed by atoms with E-state index < -0.39 is 58.7 Å². The van der Waals surface area contributed by atoms with E-state index in [-0.39, 0.29) is 13.2 Å². The van der Waals surface area contributed by atoms with Gasteiger partial charge in [0.25, 0.3) is 10.1 Å². The monoisotopic (exact) mass is 614 g/mol. The molecule has 40 heavy (non-hydrogen) atoms. The highest BCUT2D eigenvalue weighted by atomic mass is 32.2. The Morgan fingerprint density at radius 1 is 0.850 bits per heavy atom. The first kappa shape index (κ1) is 37.1. The number of rotatable bonds is 22. The van der Waals surface area contributed by atoms with Crippen LogP contribution >= 0.6 is 12.2 Å². The van der Waals surface area contributed by atoms with Crippen molar-refractivity contribution in [1.82, 2.24) is 0 Å². The van der Waals surface area contributed by atoms with Gasteiger partial charge in [-0.25, -0.2) is 0 Å². The molecule has 0 aromatic rings. The molecule has 11 nitrogen and oxygen atoms in total. The lowest BCUT2D eigenvalue weighted by molar-refractivity contribution is -0.296. The minimum absolute atomic E-state index is 0.112. The third kappa shape index (κ3) is 17.1. The maximum absolute atomic E-state index is 11.5. The highest BCUT2D eigenvalue weighted by Crippen LogP contribution is 2.23. The summed E-state index contributed by atoms with van der Waals surface area (Å²) in [6, 6.07) is 0. The number of aliphatic hydroxyl groups is 3. The number of hydrogen-bond acceptors (Lipinski definition) is 11. The smallest absolute Gasteiger partial charge is 0.303 e. The zero-order valence-corrected chi connectivity index (χ0v) is 25.6. The second-order valence-corrected chi connectivity index (χ2v) is 12.5. The van der Waals surface area contributed by atoms with E-state index in [9.17, 15) is 28.5 Å². The molecule has 0 bridgehead atoms. The standard InChI is InChI=1S/C27H50O11S2/c1-3-4-5-6-7-8-9-10-11-12-13-14-15-16-23(39)35-17-21(37-20(2)28)18-36-27-26(31)25(30)24(29)22(38-27)19-40(32,33)34/h21-22,24-27,29-31H,3-19H2,1-2H3,(H,32,33,34)/t21-,22-,24-,25+,26-,27+/m1/s1. The average Bonchev–Trinajstić information content (AvgIpc) is 2.88. The van der Waals surface area contributed by atoms with Gasteiger partial charge in [0.2, 0.25) is 0 Å². The molecule has 0 radical (unpaired) electrons. The quantitative estimate of drug-likeness (QED) is 0.0607. The van der Waals surface area contributed by atoms with Crippen LogP contribution in [0.2, 0.25) is 0 Å². The molecule has 1 fully saturated rings. The van der Waals surface area contributed by atoms with E-state index in [1.165, 1.54) is 71.1 Å². The third-order valence-corrected chi connectivity index (χ3v) is 7.81. The fourth-order valence-corrected chi connectivity index (χ4v) is 5.40. The summed E-state index contributed by atoms with van der Waals surface area (Å²) < 4.78 is 52.8. The number of thiocarbonyl (C=S) groups is 1. The summed E-state index contributed by atoms with van der Waals surface area (Å²) in [6.45, 7) is 3.00. The van der Waals surface area contributed by atoms with Gasteiger partial charge in [-0.05, 0) is 18.6 Å². The lowest BCUT2D eigenvalue weighted by Gasteiger charge is -2.40. The van der Waals surface area contributed by atoms with Gasteiger partial charge >= 0.3 is 5.97 Å². The Balaban J connectivity index is 2.29. The summed E-state index contributed by atoms with van der Waals surface area (Å²) in [5.74, 6) is -1.62. The van der Waals surface area contributed by atoms with E-state index in [4.69, 9.17) is 35.7 Å². The molecule has 0 amide bonds. The Bertz CT molecular complexity index is 808. The molecule has 1 aliphatic heterocycles. The molecule has 1 rings (SSSR count). The van der Waals surface area contributed by atoms with E-state index in [1.54, 1.807) is 0 Å². The molecular formula is C27H50O11S2. The molecule has 4 N–H and O–H groups in total. The summed E-state index contributed by atoms with van der Waals surface area (Å²) >= 11 is 5.29. The van der Waals surface area contributed by atoms with Crippen LogP contribution in [0.5, 0.6) is 0 Å². The lowest BCUT2D eigenvalue weighted by Crippen LogP contribution is -2.60. The number of aliphatic hydroxyl groups excluding tert-OH is 3. The van der Waals surface area contributed by atoms with Crippen LogP contribution in [0.4, 0.5) is 0 Å². The molecule has 6 atom stereocenters. The molecule has 1 aliphatic rings. The van der Waals surface area contributed by atoms with Crippen molar-refractivity contribution >= 4 is 33.4 Å². The SMILES string of the molecule is CCCCCCCCCCCCCCCC(=S)OC[C@H](CO[C@H]1O[C@H](CS(=O)(=O)O)[C@@H](O)[C@H](O)[C@H]1O)OC(C)=O. The van der Waals surface area contributed by atoms with E-state index in [2.05, 4.69) is 6.92 Å². The van der Waals surface area contributed by atoms with E-state index in [0.717, 1.165) is 19.3 Å². The third-order valence-electron chi connectivity index (χ3n) is 6.74. The maximum Gasteiger partial charge on any atom is 0.303 e. The van der Waals surface area contributed by atoms with Gasteiger partial charge in [-0.3, -0.25) is 9.35 Å². The number of unbranched alkanes of at least 4 members (excludes halogenated alkanes) is 12. The van der Waals surface area contributed by atoms with Gasteiger partial charge in [0.1, 0.15) is 36.8 Å². The predicted octanol–water partition coefficient (Wildman–Crippen LogP) is 3.46. The van der Waals surface area contributed by atoms with Crippen molar-refractivity contribution in [2.24, 2.45) is 0 Å². The zero-order chi connectivity index (χ0) is 30.0. The van der Waals surface area contributed by atoms with Crippen molar-refractivity contribution in [3.05, 3.63) is 0 Å². The number of carbonyl (C=O) groups excluding carboxylic acids is 1. The zero-order valence-electron chi connectivity index (χ0n) is 23.9. The first-order chi connectivity index (χ1) is 18.9. The Morgan fingerprint density at radius 3 is 1.88 bits per heavy atom. The largest absolute Gasteiger partial charge is 0.483 e. The van der Waals surface area contributed by atoms with Crippen LogP contribution in [0.25, 0.3) is 0 Å². The Kier molecular flexibility index (Phi) is 19.4. The van der Waals surface area contributed by atoms with Gasteiger partial charge in [-0.2, -0.15) is 8.42 Å². The molecular weight excluding hydrogens is 564 g/mol. The molecule has 0 saturated carbocycles. The van der Waals surface area contributed by atoms with Crippen LogP contribution < -0.4 is 0 Å². The normalized spacial score (nSPS) is 24.0. The summed E-state index contributed by atoms with van der Waals surface area (Å²) in [7, 11) is -4.55. The van der Waals surface area contributed by atoms with Crippen LogP contribution in [0.15, 0.2) is 0 Å². The van der Waals surface area contributed by atoms with Gasteiger partial charge < -0.3 is 34.3 Å². The maximum atomic E-state index is 11.5. The van der Waals surface area contributed by atoms with E-state index >= 15 is 0 Å². The molecule has 0 aromatic heterocycles. The van der Waals surface area contributed by atoms with Crippen molar-refractivity contribution in [3.8, 4) is 0 Å². The van der Waals surface area contributed by atoms with Crippen LogP contribution in [0, 0.1) is 0 Å². The van der Waals surface area contributed by atoms with Gasteiger partial charge in [-0.1, -0.05) is 84.0 Å². The van der Waals surface area contributed by atoms with Crippen molar-refractivity contribution in [3.63, 3.8) is 0 Å². The molecule has 1 saturated heterocycles.